The van der Waals surface area contributed by atoms with Crippen LogP contribution >= 0.6 is 11.8 Å². The van der Waals surface area contributed by atoms with Crippen LogP contribution in [-0.4, -0.2) is 45.8 Å². The number of hydrogen-bond acceptors (Lipinski definition) is 8. The molecule has 3 heterocycles. The van der Waals surface area contributed by atoms with Crippen molar-refractivity contribution in [1.82, 2.24) is 24.9 Å². The van der Waals surface area contributed by atoms with E-state index in [0.29, 0.717) is 30.8 Å². The molecule has 9 nitrogen and oxygen atoms in total. The molecule has 0 bridgehead atoms. The average Bonchev–Trinajstić information content (AvgIpc) is 3.43. The van der Waals surface area contributed by atoms with Gasteiger partial charge in [-0.2, -0.15) is 0 Å². The summed E-state index contributed by atoms with van der Waals surface area (Å²) < 4.78 is 6.11. The van der Waals surface area contributed by atoms with E-state index in [0.717, 1.165) is 49.3 Å². The fourth-order valence-electron chi connectivity index (χ4n) is 6.40. The van der Waals surface area contributed by atoms with Gasteiger partial charge in [-0.25, -0.2) is 15.0 Å². The van der Waals surface area contributed by atoms with Crippen LogP contribution in [0.4, 0.5) is 0 Å². The average molecular weight is 676 g/mol. The number of nitrogens with one attached hydrogen (secondary N) is 1. The van der Waals surface area contributed by atoms with Crippen molar-refractivity contribution in [2.24, 2.45) is 5.41 Å². The number of carbonyl (C=O) groups is 1. The SMILES string of the molecule is CCC(CC)(C(=O)O)C(Cc1ccc(-c2ncc(O)cn2)cc1)c1[nH]c2ccc(OCc3cnc4ccccc4n3)cc2c1SC(C)(C)C. The van der Waals surface area contributed by atoms with Crippen molar-refractivity contribution in [2.75, 3.05) is 0 Å². The van der Waals surface area contributed by atoms with Crippen molar-refractivity contribution >= 4 is 39.7 Å². The lowest BCUT2D eigenvalue weighted by molar-refractivity contribution is -0.151. The molecule has 0 saturated carbocycles. The van der Waals surface area contributed by atoms with Crippen LogP contribution in [0.1, 0.15) is 70.3 Å². The largest absolute Gasteiger partial charge is 0.505 e. The normalized spacial score (nSPS) is 12.8. The molecule has 0 radical (unpaired) electrons. The first-order valence-electron chi connectivity index (χ1n) is 16.5. The first-order chi connectivity index (χ1) is 23.5. The van der Waals surface area contributed by atoms with E-state index >= 15 is 0 Å². The maximum absolute atomic E-state index is 13.2. The molecule has 3 aromatic heterocycles. The van der Waals surface area contributed by atoms with E-state index in [9.17, 15) is 15.0 Å². The second-order valence-corrected chi connectivity index (χ2v) is 15.2. The van der Waals surface area contributed by atoms with E-state index in [-0.39, 0.29) is 23.0 Å². The standard InChI is InChI=1S/C39H41N5O4S/c1-6-39(7-2,37(46)47)30(18-24-12-14-25(15-13-24)36-41-21-27(45)22-42-36)34-35(49-38(3,4)5)29-19-28(16-17-31(29)44-34)48-23-26-20-40-32-10-8-9-11-33(32)43-26/h8-17,19-22,30,44-45H,6-7,18,23H2,1-5H3,(H,46,47). The van der Waals surface area contributed by atoms with E-state index < -0.39 is 11.4 Å². The molecule has 0 aliphatic carbocycles. The molecule has 3 aromatic carbocycles. The lowest BCUT2D eigenvalue weighted by Crippen LogP contribution is -2.38. The van der Waals surface area contributed by atoms with Crippen LogP contribution in [0.5, 0.6) is 11.5 Å². The van der Waals surface area contributed by atoms with Crippen molar-refractivity contribution in [3.8, 4) is 22.9 Å². The molecule has 10 heteroatoms. The number of thioether (sulfide) groups is 1. The lowest BCUT2D eigenvalue weighted by Gasteiger charge is -2.36. The first-order valence-corrected chi connectivity index (χ1v) is 17.3. The molecule has 0 aliphatic rings. The number of rotatable bonds is 12. The molecular weight excluding hydrogens is 635 g/mol. The highest BCUT2D eigenvalue weighted by atomic mass is 32.2. The molecule has 3 N–H and O–H groups in total. The van der Waals surface area contributed by atoms with Crippen molar-refractivity contribution in [3.63, 3.8) is 0 Å². The zero-order chi connectivity index (χ0) is 34.8. The predicted octanol–water partition coefficient (Wildman–Crippen LogP) is 8.96. The summed E-state index contributed by atoms with van der Waals surface area (Å²) >= 11 is 1.74. The van der Waals surface area contributed by atoms with Gasteiger partial charge in [-0.05, 0) is 55.2 Å². The number of nitrogens with zero attached hydrogens (tertiary/aromatic N) is 4. The fourth-order valence-corrected chi connectivity index (χ4v) is 7.60. The Morgan fingerprint density at radius 3 is 2.27 bits per heavy atom. The number of fused-ring (bicyclic) bond motifs is 2. The third kappa shape index (κ3) is 7.24. The highest BCUT2D eigenvalue weighted by Gasteiger charge is 2.45. The number of benzene rings is 3. The van der Waals surface area contributed by atoms with Gasteiger partial charge in [0.25, 0.3) is 0 Å². The van der Waals surface area contributed by atoms with Crippen LogP contribution < -0.4 is 4.74 Å². The third-order valence-corrected chi connectivity index (χ3v) is 10.3. The fraction of sp³-hybridized carbons (Fsp3) is 0.308. The smallest absolute Gasteiger partial charge is 0.310 e. The lowest BCUT2D eigenvalue weighted by atomic mass is 9.67. The van der Waals surface area contributed by atoms with E-state index in [4.69, 9.17) is 9.72 Å². The summed E-state index contributed by atoms with van der Waals surface area (Å²) in [4.78, 5) is 35.6. The van der Waals surface area contributed by atoms with E-state index in [1.54, 1.807) is 18.0 Å². The zero-order valence-electron chi connectivity index (χ0n) is 28.4. The monoisotopic (exact) mass is 675 g/mol. The Morgan fingerprint density at radius 1 is 0.918 bits per heavy atom. The summed E-state index contributed by atoms with van der Waals surface area (Å²) in [6, 6.07) is 21.7. The Morgan fingerprint density at radius 2 is 1.61 bits per heavy atom. The molecule has 6 aromatic rings. The number of aliphatic carboxylic acids is 1. The van der Waals surface area contributed by atoms with Crippen molar-refractivity contribution in [3.05, 3.63) is 102 Å². The summed E-state index contributed by atoms with van der Waals surface area (Å²) in [6.45, 7) is 10.7. The number of aromatic nitrogens is 5. The van der Waals surface area contributed by atoms with Crippen LogP contribution in [0, 0.1) is 5.41 Å². The Kier molecular flexibility index (Phi) is 9.61. The number of hydrogen-bond donors (Lipinski definition) is 3. The van der Waals surface area contributed by atoms with Crippen LogP contribution in [-0.2, 0) is 17.8 Å². The maximum Gasteiger partial charge on any atom is 0.310 e. The van der Waals surface area contributed by atoms with Gasteiger partial charge < -0.3 is 19.9 Å². The molecule has 1 unspecified atom stereocenters. The Bertz CT molecular complexity index is 2080. The second kappa shape index (κ2) is 13.9. The van der Waals surface area contributed by atoms with Gasteiger partial charge >= 0.3 is 5.97 Å². The van der Waals surface area contributed by atoms with Crippen LogP contribution in [0.2, 0.25) is 0 Å². The number of carboxylic acid groups (broad SMARTS) is 1. The molecule has 252 valence electrons. The van der Waals surface area contributed by atoms with E-state index in [1.165, 1.54) is 12.4 Å². The summed E-state index contributed by atoms with van der Waals surface area (Å²) in [5.41, 5.74) is 5.05. The number of carboxylic acids is 1. The summed E-state index contributed by atoms with van der Waals surface area (Å²) in [7, 11) is 0. The highest BCUT2D eigenvalue weighted by molar-refractivity contribution is 8.00. The van der Waals surface area contributed by atoms with Crippen LogP contribution in [0.15, 0.2) is 90.2 Å². The molecule has 6 rings (SSSR count). The topological polar surface area (TPSA) is 134 Å². The van der Waals surface area contributed by atoms with Crippen LogP contribution in [0.25, 0.3) is 33.3 Å². The third-order valence-electron chi connectivity index (χ3n) is 9.04. The number of ether oxygens (including phenoxy) is 1. The van der Waals surface area contributed by atoms with Gasteiger partial charge in [0.15, 0.2) is 11.6 Å². The van der Waals surface area contributed by atoms with Crippen molar-refractivity contribution < 1.29 is 19.7 Å². The number of aromatic hydroxyl groups is 1. The van der Waals surface area contributed by atoms with Crippen molar-refractivity contribution in [2.45, 2.75) is 76.0 Å². The Hall–Kier alpha value is -4.96. The first kappa shape index (κ1) is 33.9. The van der Waals surface area contributed by atoms with Gasteiger partial charge in [0.05, 0.1) is 40.7 Å². The summed E-state index contributed by atoms with van der Waals surface area (Å²) in [6.07, 6.45) is 5.94. The quantitative estimate of drug-likeness (QED) is 0.109. The number of H-pyrrole nitrogens is 1. The van der Waals surface area contributed by atoms with Gasteiger partial charge in [-0.1, -0.05) is 71.0 Å². The summed E-state index contributed by atoms with van der Waals surface area (Å²) in [5.74, 6) is 0.0520. The maximum atomic E-state index is 13.2. The molecule has 0 fully saturated rings. The molecule has 0 saturated heterocycles. The molecular formula is C39H41N5O4S. The summed E-state index contributed by atoms with van der Waals surface area (Å²) in [5, 5.41) is 21.4. The Labute approximate surface area is 290 Å². The van der Waals surface area contributed by atoms with Gasteiger partial charge in [-0.3, -0.25) is 9.78 Å². The molecule has 49 heavy (non-hydrogen) atoms. The number of para-hydroxylation sites is 2. The molecule has 0 aliphatic heterocycles. The second-order valence-electron chi connectivity index (χ2n) is 13.3. The van der Waals surface area contributed by atoms with Gasteiger partial charge in [-0.15, -0.1) is 11.8 Å². The zero-order valence-corrected chi connectivity index (χ0v) is 29.2. The van der Waals surface area contributed by atoms with Crippen molar-refractivity contribution in [1.29, 1.82) is 0 Å². The minimum atomic E-state index is -1.01. The van der Waals surface area contributed by atoms with Gasteiger partial charge in [0, 0.05) is 37.7 Å². The van der Waals surface area contributed by atoms with Gasteiger partial charge in [0.1, 0.15) is 12.4 Å². The number of aromatic amines is 1. The Balaban J connectivity index is 1.39. The molecule has 1 atom stereocenters. The van der Waals surface area contributed by atoms with Gasteiger partial charge in [0.2, 0.25) is 0 Å². The minimum absolute atomic E-state index is 0.00698. The van der Waals surface area contributed by atoms with Crippen LogP contribution in [0.3, 0.4) is 0 Å². The minimum Gasteiger partial charge on any atom is -0.505 e. The predicted molar refractivity (Wildman–Crippen MR) is 194 cm³/mol. The highest BCUT2D eigenvalue weighted by Crippen LogP contribution is 2.50. The molecule has 0 spiro atoms. The molecule has 0 amide bonds. The van der Waals surface area contributed by atoms with E-state index in [2.05, 4.69) is 40.7 Å². The van der Waals surface area contributed by atoms with E-state index in [1.807, 2.05) is 80.6 Å².